The molecule has 17 atom stereocenters. The van der Waals surface area contributed by atoms with Crippen molar-refractivity contribution in [1.82, 2.24) is 0 Å². The Kier molecular flexibility index (Phi) is 17.4. The van der Waals surface area contributed by atoms with Gasteiger partial charge in [0.05, 0.1) is 43.0 Å². The van der Waals surface area contributed by atoms with Crippen LogP contribution in [0.15, 0.2) is 106 Å². The number of ketones is 4. The first-order valence-corrected chi connectivity index (χ1v) is 22.4. The van der Waals surface area contributed by atoms with E-state index in [0.717, 1.165) is 36.4 Å². The minimum Gasteiger partial charge on any atom is -0.508 e. The summed E-state index contributed by atoms with van der Waals surface area (Å²) >= 11 is 0. The number of hydrogen-bond donors (Lipinski definition) is 21. The minimum absolute atomic E-state index is 0.0960. The van der Waals surface area contributed by atoms with Gasteiger partial charge in [0.15, 0.2) is 0 Å². The lowest BCUT2D eigenvalue weighted by Gasteiger charge is -2.48. The van der Waals surface area contributed by atoms with Gasteiger partial charge in [-0.05, 0) is 47.5 Å². The van der Waals surface area contributed by atoms with Crippen LogP contribution in [-0.4, -0.2) is 247 Å². The fourth-order valence-electron chi connectivity index (χ4n) is 9.07. The van der Waals surface area contributed by atoms with Gasteiger partial charge in [-0.25, -0.2) is 0 Å². The number of hydrogen-bond acceptors (Lipinski definition) is 27. The number of carbonyl (C=O) groups excluding carboxylic acids is 4. The molecule has 2 heterocycles. The Hall–Kier alpha value is -6.32. The van der Waals surface area contributed by atoms with Gasteiger partial charge in [-0.3, -0.25) is 19.2 Å². The Morgan fingerprint density at radius 3 is 1.17 bits per heavy atom. The molecule has 0 saturated carbocycles. The number of aliphatic hydroxyl groups is 19. The predicted molar refractivity (Wildman–Crippen MR) is 245 cm³/mol. The summed E-state index contributed by atoms with van der Waals surface area (Å²) in [6.07, 6.45) is -34.3. The highest BCUT2D eigenvalue weighted by Gasteiger charge is 2.68. The van der Waals surface area contributed by atoms with Crippen LogP contribution in [0.25, 0.3) is 12.2 Å². The van der Waals surface area contributed by atoms with Gasteiger partial charge in [0.25, 0.3) is 0 Å². The third-order valence-electron chi connectivity index (χ3n) is 13.3. The zero-order valence-electron chi connectivity index (χ0n) is 38.6. The molecule has 0 bridgehead atoms. The van der Waals surface area contributed by atoms with Gasteiger partial charge in [-0.2, -0.15) is 0 Å². The number of aromatic hydroxyl groups is 2. The lowest BCUT2D eigenvalue weighted by atomic mass is 9.62. The number of aliphatic hydroxyl groups excluding tert-OH is 17. The number of rotatable bonds is 15. The summed E-state index contributed by atoms with van der Waals surface area (Å²) < 4.78 is 10.7. The Bertz CT molecular complexity index is 2530. The highest BCUT2D eigenvalue weighted by Crippen LogP contribution is 2.48. The molecule has 27 nitrogen and oxygen atoms in total. The molecule has 408 valence electrons. The van der Waals surface area contributed by atoms with Gasteiger partial charge in [-0.15, -0.1) is 0 Å². The second-order valence-corrected chi connectivity index (χ2v) is 17.9. The van der Waals surface area contributed by atoms with E-state index in [1.807, 2.05) is 0 Å². The fraction of sp³-hybridized carbons (Fsp3) is 0.417. The quantitative estimate of drug-likeness (QED) is 0.0448. The predicted octanol–water partition coefficient (Wildman–Crippen LogP) is -6.42. The number of allylic oxidation sites excluding steroid dienone is 4. The van der Waals surface area contributed by atoms with E-state index in [1.54, 1.807) is 0 Å². The second kappa shape index (κ2) is 22.5. The molecule has 0 aromatic heterocycles. The molecular formula is C48H54O27. The smallest absolute Gasteiger partial charge is 0.219 e. The Morgan fingerprint density at radius 2 is 0.853 bits per heavy atom. The van der Waals surface area contributed by atoms with E-state index in [-0.39, 0.29) is 22.6 Å². The molecule has 4 aliphatic rings. The van der Waals surface area contributed by atoms with Gasteiger partial charge in [0, 0.05) is 0 Å². The molecule has 75 heavy (non-hydrogen) atoms. The lowest BCUT2D eigenvalue weighted by molar-refractivity contribution is -0.261. The van der Waals surface area contributed by atoms with Crippen LogP contribution >= 0.6 is 0 Å². The summed E-state index contributed by atoms with van der Waals surface area (Å²) in [5, 5.41) is 233. The molecule has 2 saturated heterocycles. The summed E-state index contributed by atoms with van der Waals surface area (Å²) in [5.74, 6) is -20.2. The van der Waals surface area contributed by atoms with E-state index in [9.17, 15) is 117 Å². The topological polar surface area (TPSA) is 512 Å². The maximum Gasteiger partial charge on any atom is 0.219 e. The van der Waals surface area contributed by atoms with Crippen molar-refractivity contribution in [3.8, 4) is 11.5 Å². The summed E-state index contributed by atoms with van der Waals surface area (Å²) in [7, 11) is 0. The van der Waals surface area contributed by atoms with Crippen LogP contribution in [0.3, 0.4) is 0 Å². The Balaban J connectivity index is 1.77. The molecule has 2 aliphatic carbocycles. The molecule has 2 aromatic carbocycles. The molecule has 2 fully saturated rings. The van der Waals surface area contributed by atoms with Crippen molar-refractivity contribution >= 4 is 35.3 Å². The van der Waals surface area contributed by atoms with Crippen molar-refractivity contribution in [2.75, 3.05) is 19.8 Å². The van der Waals surface area contributed by atoms with Crippen molar-refractivity contribution in [3.63, 3.8) is 0 Å². The first-order chi connectivity index (χ1) is 35.2. The van der Waals surface area contributed by atoms with Crippen LogP contribution in [0.4, 0.5) is 0 Å². The number of carbonyl (C=O) groups is 4. The van der Waals surface area contributed by atoms with Crippen molar-refractivity contribution < 1.29 is 136 Å². The molecule has 0 spiro atoms. The van der Waals surface area contributed by atoms with Crippen molar-refractivity contribution in [1.29, 1.82) is 0 Å². The molecular weight excluding hydrogens is 1010 g/mol. The van der Waals surface area contributed by atoms with E-state index >= 15 is 9.59 Å². The number of phenolic OH excluding ortho intramolecular Hbond substituents is 2. The van der Waals surface area contributed by atoms with Crippen molar-refractivity contribution in [2.24, 2.45) is 5.92 Å². The molecule has 6 rings (SSSR count). The van der Waals surface area contributed by atoms with Crippen LogP contribution in [0, 0.1) is 5.92 Å². The molecule has 0 radical (unpaired) electrons. The van der Waals surface area contributed by atoms with Crippen molar-refractivity contribution in [3.05, 3.63) is 117 Å². The summed E-state index contributed by atoms with van der Waals surface area (Å²) in [4.78, 5) is 60.1. The van der Waals surface area contributed by atoms with Crippen LogP contribution in [0.5, 0.6) is 11.5 Å². The maximum absolute atomic E-state index is 15.3. The van der Waals surface area contributed by atoms with E-state index in [4.69, 9.17) is 9.47 Å². The first kappa shape index (κ1) is 57.9. The Labute approximate surface area is 421 Å². The monoisotopic (exact) mass is 1060 g/mol. The van der Waals surface area contributed by atoms with E-state index in [2.05, 4.69) is 0 Å². The van der Waals surface area contributed by atoms with E-state index in [0.29, 0.717) is 12.2 Å². The molecule has 27 heteroatoms. The number of benzene rings is 2. The van der Waals surface area contributed by atoms with Gasteiger partial charge < -0.3 is 117 Å². The van der Waals surface area contributed by atoms with Crippen molar-refractivity contribution in [2.45, 2.75) is 96.7 Å². The van der Waals surface area contributed by atoms with Crippen LogP contribution < -0.4 is 0 Å². The minimum atomic E-state index is -4.30. The normalized spacial score (nSPS) is 34.5. The number of phenols is 2. The fourth-order valence-corrected chi connectivity index (χ4v) is 9.07. The van der Waals surface area contributed by atoms with Crippen LogP contribution in [0.2, 0.25) is 0 Å². The largest absolute Gasteiger partial charge is 0.508 e. The van der Waals surface area contributed by atoms with Gasteiger partial charge in [0.2, 0.25) is 34.3 Å². The summed E-state index contributed by atoms with van der Waals surface area (Å²) in [6.45, 7) is -4.07. The van der Waals surface area contributed by atoms with Crippen LogP contribution in [0.1, 0.15) is 11.1 Å². The molecule has 2 aromatic rings. The third-order valence-corrected chi connectivity index (χ3v) is 13.3. The number of Topliss-reactive ketones (excluding diaryl/α,β-unsaturated/α-hetero) is 4. The molecule has 21 N–H and O–H groups in total. The Morgan fingerprint density at radius 1 is 0.507 bits per heavy atom. The SMILES string of the molecule is O=C1C(=C(O)/C=C/c2ccc(O)cc2)C(O)=C(C(C2=C(O)C(=C(O)/C=C/c3ccc(O)cc3)C(=O)[C@@](O)(C3OC(CO)C(O)C(O)C3O)C2=O)C(O)C(O)C(O)C(O)CO)C(=O)[C@@]1(O)C1OC(CO)C(O)C(O)C1O. The molecule has 0 amide bonds. The average molecular weight is 1060 g/mol. The maximum atomic E-state index is 15.3. The third kappa shape index (κ3) is 10.1. The average Bonchev–Trinajstić information content (AvgIpc) is 3.39. The second-order valence-electron chi connectivity index (χ2n) is 17.9. The van der Waals surface area contributed by atoms with Gasteiger partial charge in [0.1, 0.15) is 125 Å². The van der Waals surface area contributed by atoms with E-state index < -0.39 is 191 Å². The first-order valence-electron chi connectivity index (χ1n) is 22.4. The van der Waals surface area contributed by atoms with Gasteiger partial charge >= 0.3 is 0 Å². The van der Waals surface area contributed by atoms with E-state index in [1.165, 1.54) is 24.3 Å². The lowest BCUT2D eigenvalue weighted by Crippen LogP contribution is -2.72. The highest BCUT2D eigenvalue weighted by molar-refractivity contribution is 6.31. The molecule has 2 aliphatic heterocycles. The van der Waals surface area contributed by atoms with Gasteiger partial charge in [-0.1, -0.05) is 36.4 Å². The molecule has 15 unspecified atom stereocenters. The summed E-state index contributed by atoms with van der Waals surface area (Å²) in [6, 6.07) is 9.47. The standard InChI is InChI=1S/C48H54O27/c49-13-22(56)30(57)36(63)35(62)27(28-33(60)25(20(54)11-5-16-1-7-18(52)8-2-16)41(68)47(72,43(28)70)45-39(66)37(64)31(58)23(14-50)74-45)29-34(61)26(21(55)12-6-17-3-9-19(53)10-4-17)42(69)48(73,44(29)71)46-40(67)38(65)32(59)24(15-51)75-46/h1-12,22-24,27,30-32,35-40,45-46,49-67,72-73H,13-15H2/b11-5+,12-6+,25-20?,26-21?/t22?,23?,24?,27?,30?,31?,32?,35?,36?,37?,38?,39?,40?,45?,46?,47-,48+. The zero-order chi connectivity index (χ0) is 55.9. The summed E-state index contributed by atoms with van der Waals surface area (Å²) in [5.41, 5.74) is -15.7. The van der Waals surface area contributed by atoms with Crippen LogP contribution in [-0.2, 0) is 28.7 Å². The zero-order valence-corrected chi connectivity index (χ0v) is 38.6. The highest BCUT2D eigenvalue weighted by atomic mass is 16.6. The number of ether oxygens (including phenoxy) is 2.